The quantitative estimate of drug-likeness (QED) is 0.726. The van der Waals surface area contributed by atoms with E-state index in [0.717, 1.165) is 27.6 Å². The van der Waals surface area contributed by atoms with Crippen LogP contribution < -0.4 is 10.5 Å². The Balaban J connectivity index is 2.05. The van der Waals surface area contributed by atoms with E-state index in [1.807, 2.05) is 31.2 Å². The molecule has 3 heteroatoms. The van der Waals surface area contributed by atoms with E-state index in [0.29, 0.717) is 5.57 Å². The zero-order valence-electron chi connectivity index (χ0n) is 13.3. The molecule has 0 saturated heterocycles. The average molecular weight is 312 g/mol. The van der Waals surface area contributed by atoms with E-state index in [1.165, 1.54) is 5.56 Å². The molecule has 1 heterocycles. The minimum absolute atomic E-state index is 0.186. The first-order chi connectivity index (χ1) is 11.7. The third kappa shape index (κ3) is 2.12. The van der Waals surface area contributed by atoms with Crippen LogP contribution in [0.4, 0.5) is 0 Å². The molecule has 116 valence electrons. The second-order valence-electron chi connectivity index (χ2n) is 6.03. The SMILES string of the molecule is Cc1ccc([C@H]2C(C#N)=C(N)Oc3ccc4ccccc4c32)cc1. The fourth-order valence-corrected chi connectivity index (χ4v) is 3.33. The fourth-order valence-electron chi connectivity index (χ4n) is 3.33. The van der Waals surface area contributed by atoms with E-state index >= 15 is 0 Å². The molecule has 0 aliphatic carbocycles. The highest BCUT2D eigenvalue weighted by Crippen LogP contribution is 2.45. The molecule has 0 aromatic heterocycles. The number of aryl methyl sites for hydroxylation is 1. The molecule has 1 atom stereocenters. The van der Waals surface area contributed by atoms with Crippen LogP contribution in [0.2, 0.25) is 0 Å². The highest BCUT2D eigenvalue weighted by Gasteiger charge is 2.31. The van der Waals surface area contributed by atoms with Gasteiger partial charge in [0, 0.05) is 5.56 Å². The van der Waals surface area contributed by atoms with Crippen molar-refractivity contribution in [2.24, 2.45) is 5.73 Å². The second-order valence-corrected chi connectivity index (χ2v) is 6.03. The van der Waals surface area contributed by atoms with E-state index < -0.39 is 0 Å². The maximum atomic E-state index is 9.68. The summed E-state index contributed by atoms with van der Waals surface area (Å²) in [7, 11) is 0. The molecule has 3 aromatic carbocycles. The Kier molecular flexibility index (Phi) is 3.25. The first kappa shape index (κ1) is 14.3. The lowest BCUT2D eigenvalue weighted by molar-refractivity contribution is 0.395. The van der Waals surface area contributed by atoms with Crippen molar-refractivity contribution < 1.29 is 4.74 Å². The molecule has 24 heavy (non-hydrogen) atoms. The third-order valence-electron chi connectivity index (χ3n) is 4.52. The summed E-state index contributed by atoms with van der Waals surface area (Å²) in [6, 6.07) is 22.6. The summed E-state index contributed by atoms with van der Waals surface area (Å²) >= 11 is 0. The summed E-state index contributed by atoms with van der Waals surface area (Å²) < 4.78 is 5.75. The lowest BCUT2D eigenvalue weighted by Gasteiger charge is -2.28. The standard InChI is InChI=1S/C21H16N2O/c1-13-6-8-15(9-7-13)19-17(12-22)21(23)24-18-11-10-14-4-2-3-5-16(14)20(18)19/h2-11,19H,23H2,1H3/t19-/m0/s1. The van der Waals surface area contributed by atoms with Gasteiger partial charge in [0.1, 0.15) is 17.4 Å². The van der Waals surface area contributed by atoms with E-state index in [2.05, 4.69) is 42.5 Å². The van der Waals surface area contributed by atoms with Crippen LogP contribution >= 0.6 is 0 Å². The number of ether oxygens (including phenoxy) is 1. The molecule has 1 aliphatic heterocycles. The van der Waals surface area contributed by atoms with Crippen LogP contribution in [-0.4, -0.2) is 0 Å². The predicted octanol–water partition coefficient (Wildman–Crippen LogP) is 4.37. The number of fused-ring (bicyclic) bond motifs is 3. The molecule has 0 bridgehead atoms. The molecule has 0 radical (unpaired) electrons. The summed E-state index contributed by atoms with van der Waals surface area (Å²) in [6.45, 7) is 2.05. The molecule has 4 rings (SSSR count). The molecule has 0 fully saturated rings. The van der Waals surface area contributed by atoms with Gasteiger partial charge in [-0.25, -0.2) is 0 Å². The molecular formula is C21H16N2O. The molecule has 1 aliphatic rings. The van der Waals surface area contributed by atoms with Crippen molar-refractivity contribution in [3.63, 3.8) is 0 Å². The lowest BCUT2D eigenvalue weighted by atomic mass is 9.81. The highest BCUT2D eigenvalue weighted by molar-refractivity contribution is 5.90. The van der Waals surface area contributed by atoms with Crippen molar-refractivity contribution in [3.05, 3.63) is 88.8 Å². The van der Waals surface area contributed by atoms with Crippen molar-refractivity contribution in [3.8, 4) is 11.8 Å². The van der Waals surface area contributed by atoms with Gasteiger partial charge < -0.3 is 10.5 Å². The van der Waals surface area contributed by atoms with Gasteiger partial charge in [-0.2, -0.15) is 5.26 Å². The second kappa shape index (κ2) is 5.43. The molecule has 0 amide bonds. The van der Waals surface area contributed by atoms with Crippen LogP contribution in [0.1, 0.15) is 22.6 Å². The van der Waals surface area contributed by atoms with Crippen LogP contribution in [0.15, 0.2) is 72.1 Å². The number of nitrogens with two attached hydrogens (primary N) is 1. The Bertz CT molecular complexity index is 1010. The van der Waals surface area contributed by atoms with E-state index in [-0.39, 0.29) is 11.8 Å². The molecule has 2 N–H and O–H groups in total. The topological polar surface area (TPSA) is 59.0 Å². The van der Waals surface area contributed by atoms with Crippen molar-refractivity contribution >= 4 is 10.8 Å². The van der Waals surface area contributed by atoms with Gasteiger partial charge in [0.25, 0.3) is 0 Å². The Labute approximate surface area is 140 Å². The van der Waals surface area contributed by atoms with Gasteiger partial charge >= 0.3 is 0 Å². The summed E-state index contributed by atoms with van der Waals surface area (Å²) in [5.41, 5.74) is 9.73. The fraction of sp³-hybridized carbons (Fsp3) is 0.0952. The van der Waals surface area contributed by atoms with E-state index in [4.69, 9.17) is 10.5 Å². The van der Waals surface area contributed by atoms with E-state index in [1.54, 1.807) is 0 Å². The Morgan fingerprint density at radius 1 is 1.00 bits per heavy atom. The summed E-state index contributed by atoms with van der Waals surface area (Å²) in [6.07, 6.45) is 0. The molecule has 0 unspecified atom stereocenters. The van der Waals surface area contributed by atoms with Gasteiger partial charge in [-0.3, -0.25) is 0 Å². The number of allylic oxidation sites excluding steroid dienone is 1. The number of hydrogen-bond donors (Lipinski definition) is 1. The maximum Gasteiger partial charge on any atom is 0.205 e. The smallest absolute Gasteiger partial charge is 0.205 e. The van der Waals surface area contributed by atoms with Crippen molar-refractivity contribution in [2.75, 3.05) is 0 Å². The van der Waals surface area contributed by atoms with Crippen LogP contribution in [0.5, 0.6) is 5.75 Å². The molecular weight excluding hydrogens is 296 g/mol. The van der Waals surface area contributed by atoms with Crippen molar-refractivity contribution in [1.29, 1.82) is 5.26 Å². The highest BCUT2D eigenvalue weighted by atomic mass is 16.5. The molecule has 3 aromatic rings. The summed E-state index contributed by atoms with van der Waals surface area (Å²) in [5.74, 6) is 0.687. The predicted molar refractivity (Wildman–Crippen MR) is 94.4 cm³/mol. The van der Waals surface area contributed by atoms with Gasteiger partial charge in [0.05, 0.1) is 5.92 Å². The number of benzene rings is 3. The maximum absolute atomic E-state index is 9.68. The van der Waals surface area contributed by atoms with Crippen molar-refractivity contribution in [2.45, 2.75) is 12.8 Å². The van der Waals surface area contributed by atoms with Gasteiger partial charge in [0.15, 0.2) is 0 Å². The monoisotopic (exact) mass is 312 g/mol. The average Bonchev–Trinajstić information content (AvgIpc) is 2.61. The van der Waals surface area contributed by atoms with Crippen LogP contribution in [-0.2, 0) is 0 Å². The zero-order valence-corrected chi connectivity index (χ0v) is 13.3. The van der Waals surface area contributed by atoms with Gasteiger partial charge in [-0.1, -0.05) is 60.2 Å². The van der Waals surface area contributed by atoms with E-state index in [9.17, 15) is 5.26 Å². The minimum Gasteiger partial charge on any atom is -0.440 e. The lowest BCUT2D eigenvalue weighted by Crippen LogP contribution is -2.21. The largest absolute Gasteiger partial charge is 0.440 e. The number of nitrogens with zero attached hydrogens (tertiary/aromatic N) is 1. The number of hydrogen-bond acceptors (Lipinski definition) is 3. The van der Waals surface area contributed by atoms with Crippen LogP contribution in [0, 0.1) is 18.3 Å². The number of rotatable bonds is 1. The zero-order chi connectivity index (χ0) is 16.7. The van der Waals surface area contributed by atoms with Gasteiger partial charge in [0.2, 0.25) is 5.88 Å². The minimum atomic E-state index is -0.217. The summed E-state index contributed by atoms with van der Waals surface area (Å²) in [5, 5.41) is 11.9. The Morgan fingerprint density at radius 2 is 1.75 bits per heavy atom. The molecule has 3 nitrogen and oxygen atoms in total. The van der Waals surface area contributed by atoms with Crippen LogP contribution in [0.25, 0.3) is 10.8 Å². The number of nitriles is 1. The van der Waals surface area contributed by atoms with Crippen molar-refractivity contribution in [1.82, 2.24) is 0 Å². The molecule has 0 saturated carbocycles. The first-order valence-corrected chi connectivity index (χ1v) is 7.85. The third-order valence-corrected chi connectivity index (χ3v) is 4.52. The Morgan fingerprint density at radius 3 is 2.50 bits per heavy atom. The molecule has 0 spiro atoms. The van der Waals surface area contributed by atoms with Crippen LogP contribution in [0.3, 0.4) is 0 Å². The van der Waals surface area contributed by atoms with Gasteiger partial charge in [-0.15, -0.1) is 0 Å². The Hall–Kier alpha value is -3.25. The van der Waals surface area contributed by atoms with Gasteiger partial charge in [-0.05, 0) is 29.3 Å². The summed E-state index contributed by atoms with van der Waals surface area (Å²) in [4.78, 5) is 0. The first-order valence-electron chi connectivity index (χ1n) is 7.85. The normalized spacial score (nSPS) is 16.4.